The first-order chi connectivity index (χ1) is 21.2. The van der Waals surface area contributed by atoms with E-state index in [4.69, 9.17) is 18.6 Å². The third kappa shape index (κ3) is 7.81. The molecular weight excluding hydrogens is 561 g/mol. The Kier molecular flexibility index (Phi) is 11.0. The molecule has 5 heteroatoms. The van der Waals surface area contributed by atoms with Crippen molar-refractivity contribution in [2.75, 3.05) is 13.2 Å². The average molecular weight is 613 g/mol. The van der Waals surface area contributed by atoms with E-state index in [1.807, 2.05) is 6.07 Å². The molecule has 1 spiro atoms. The van der Waals surface area contributed by atoms with Crippen molar-refractivity contribution in [1.29, 1.82) is 0 Å². The van der Waals surface area contributed by atoms with E-state index >= 15 is 0 Å². The Morgan fingerprint density at radius 3 is 2.09 bits per heavy atom. The first kappa shape index (κ1) is 32.8. The predicted molar refractivity (Wildman–Crippen MR) is 183 cm³/mol. The van der Waals surface area contributed by atoms with Gasteiger partial charge in [-0.25, -0.2) is 0 Å². The van der Waals surface area contributed by atoms with Crippen molar-refractivity contribution < 1.29 is 18.6 Å². The van der Waals surface area contributed by atoms with E-state index in [9.17, 15) is 0 Å². The quantitative estimate of drug-likeness (QED) is 0.162. The molecule has 2 fully saturated rings. The highest BCUT2D eigenvalue weighted by molar-refractivity contribution is 6.99. The molecule has 0 N–H and O–H groups in total. The lowest BCUT2D eigenvalue weighted by Gasteiger charge is -2.49. The van der Waals surface area contributed by atoms with Crippen molar-refractivity contribution in [3.63, 3.8) is 0 Å². The third-order valence-electron chi connectivity index (χ3n) is 9.42. The summed E-state index contributed by atoms with van der Waals surface area (Å²) in [4.78, 5) is 0. The Labute approximate surface area is 266 Å². The Bertz CT molecular complexity index is 1270. The summed E-state index contributed by atoms with van der Waals surface area (Å²) in [6, 6.07) is 32.1. The molecule has 0 radical (unpaired) electrons. The Morgan fingerprint density at radius 2 is 1.48 bits per heavy atom. The highest BCUT2D eigenvalue weighted by atomic mass is 28.4. The molecule has 0 bridgehead atoms. The number of ether oxygens (including phenoxy) is 3. The monoisotopic (exact) mass is 612 g/mol. The van der Waals surface area contributed by atoms with Gasteiger partial charge in [0.25, 0.3) is 8.32 Å². The normalized spacial score (nSPS) is 25.3. The Balaban J connectivity index is 1.25. The molecule has 3 aromatic carbocycles. The molecule has 3 aromatic rings. The van der Waals surface area contributed by atoms with Crippen molar-refractivity contribution in [2.45, 2.75) is 96.4 Å². The summed E-state index contributed by atoms with van der Waals surface area (Å²) in [6.45, 7) is 13.4. The molecule has 2 aliphatic heterocycles. The molecular formula is C39H52O4Si. The van der Waals surface area contributed by atoms with Crippen LogP contribution in [-0.2, 0) is 25.2 Å². The van der Waals surface area contributed by atoms with Gasteiger partial charge in [0.05, 0.1) is 32.0 Å². The van der Waals surface area contributed by atoms with Gasteiger partial charge in [0.2, 0.25) is 0 Å². The fourth-order valence-corrected chi connectivity index (χ4v) is 11.5. The van der Waals surface area contributed by atoms with Crippen molar-refractivity contribution in [3.05, 3.63) is 109 Å². The van der Waals surface area contributed by atoms with Crippen molar-refractivity contribution in [1.82, 2.24) is 0 Å². The molecule has 236 valence electrons. The van der Waals surface area contributed by atoms with Gasteiger partial charge in [0, 0.05) is 12.8 Å². The number of rotatable bonds is 11. The minimum atomic E-state index is -2.64. The fourth-order valence-electron chi connectivity index (χ4n) is 6.93. The van der Waals surface area contributed by atoms with Crippen LogP contribution < -0.4 is 10.4 Å². The minimum Gasteiger partial charge on any atom is -0.405 e. The summed E-state index contributed by atoms with van der Waals surface area (Å²) in [5.41, 5.74) is 1.21. The average Bonchev–Trinajstić information content (AvgIpc) is 3.03. The Morgan fingerprint density at radius 1 is 0.864 bits per heavy atom. The van der Waals surface area contributed by atoms with Gasteiger partial charge in [-0.1, -0.05) is 138 Å². The van der Waals surface area contributed by atoms with Crippen LogP contribution in [-0.4, -0.2) is 39.5 Å². The largest absolute Gasteiger partial charge is 0.405 e. The van der Waals surface area contributed by atoms with E-state index in [0.717, 1.165) is 32.1 Å². The molecule has 2 saturated heterocycles. The summed E-state index contributed by atoms with van der Waals surface area (Å²) in [5.74, 6) is 0.187. The molecule has 0 aliphatic carbocycles. The van der Waals surface area contributed by atoms with Crippen molar-refractivity contribution in [2.24, 2.45) is 11.8 Å². The zero-order valence-electron chi connectivity index (χ0n) is 27.4. The van der Waals surface area contributed by atoms with Gasteiger partial charge in [-0.2, -0.15) is 0 Å². The standard InChI is InChI=1S/C39H52O4Si/c1-31(28-40-29-33-16-9-6-10-17-33)23-24-34-18-15-26-39(42-34)27-25-32(2)37(43-39)30-41-44(38(3,4)5,35-19-11-7-12-20-35)36-21-13-8-14-22-36/h6-14,16-17,19-24,31-32,34,37H,15,18,25-30H2,1-5H3/t31-,32-,34-,37+,39-/m0/s1. The van der Waals surface area contributed by atoms with Crippen LogP contribution >= 0.6 is 0 Å². The van der Waals surface area contributed by atoms with Crippen molar-refractivity contribution >= 4 is 18.7 Å². The SMILES string of the molecule is C[C@@H](C=C[C@@H]1CCC[C@]2(CC[C@H](C)[C@@H](CO[Si](c3ccccc3)(c3ccccc3)C(C)(C)C)O2)O1)COCc1ccccc1. The van der Waals surface area contributed by atoms with E-state index in [1.165, 1.54) is 15.9 Å². The summed E-state index contributed by atoms with van der Waals surface area (Å²) in [5, 5.41) is 2.54. The summed E-state index contributed by atoms with van der Waals surface area (Å²) in [7, 11) is -2.64. The maximum atomic E-state index is 7.32. The molecule has 0 saturated carbocycles. The predicted octanol–water partition coefficient (Wildman–Crippen LogP) is 8.05. The Hall–Kier alpha value is -2.54. The van der Waals surface area contributed by atoms with Gasteiger partial charge < -0.3 is 18.6 Å². The third-order valence-corrected chi connectivity index (χ3v) is 14.4. The lowest BCUT2D eigenvalue weighted by atomic mass is 9.87. The van der Waals surface area contributed by atoms with Crippen LogP contribution in [0, 0.1) is 11.8 Å². The fraction of sp³-hybridized carbons (Fsp3) is 0.487. The van der Waals surface area contributed by atoms with E-state index < -0.39 is 14.1 Å². The first-order valence-corrected chi connectivity index (χ1v) is 18.5. The molecule has 5 rings (SSSR count). The smallest absolute Gasteiger partial charge is 0.261 e. The maximum Gasteiger partial charge on any atom is 0.261 e. The van der Waals surface area contributed by atoms with Crippen LogP contribution in [0.1, 0.15) is 72.3 Å². The van der Waals surface area contributed by atoms with Gasteiger partial charge in [0.1, 0.15) is 0 Å². The molecule has 44 heavy (non-hydrogen) atoms. The molecule has 0 unspecified atom stereocenters. The zero-order valence-corrected chi connectivity index (χ0v) is 28.4. The van der Waals surface area contributed by atoms with Gasteiger partial charge >= 0.3 is 0 Å². The minimum absolute atomic E-state index is 0.0153. The van der Waals surface area contributed by atoms with Crippen LogP contribution in [0.2, 0.25) is 5.04 Å². The van der Waals surface area contributed by atoms with Crippen LogP contribution in [0.4, 0.5) is 0 Å². The van der Waals surface area contributed by atoms with E-state index in [-0.39, 0.29) is 17.2 Å². The molecule has 5 atom stereocenters. The lowest BCUT2D eigenvalue weighted by Crippen LogP contribution is -2.67. The second-order valence-corrected chi connectivity index (χ2v) is 18.3. The van der Waals surface area contributed by atoms with Crippen LogP contribution in [0.5, 0.6) is 0 Å². The van der Waals surface area contributed by atoms with Gasteiger partial charge in [-0.05, 0) is 52.1 Å². The lowest BCUT2D eigenvalue weighted by molar-refractivity contribution is -0.319. The summed E-state index contributed by atoms with van der Waals surface area (Å²) in [6.07, 6.45) is 9.62. The summed E-state index contributed by atoms with van der Waals surface area (Å²) < 4.78 is 27.1. The molecule has 0 aromatic heterocycles. The topological polar surface area (TPSA) is 36.9 Å². The van der Waals surface area contributed by atoms with Crippen LogP contribution in [0.3, 0.4) is 0 Å². The first-order valence-electron chi connectivity index (χ1n) is 16.6. The van der Waals surface area contributed by atoms with E-state index in [2.05, 4.69) is 132 Å². The van der Waals surface area contributed by atoms with Gasteiger partial charge in [0.15, 0.2) is 5.79 Å². The van der Waals surface area contributed by atoms with E-state index in [1.54, 1.807) is 0 Å². The number of hydrogen-bond donors (Lipinski definition) is 0. The maximum absolute atomic E-state index is 7.32. The highest BCUT2D eigenvalue weighted by Gasteiger charge is 2.52. The van der Waals surface area contributed by atoms with Crippen LogP contribution in [0.15, 0.2) is 103 Å². The van der Waals surface area contributed by atoms with Crippen molar-refractivity contribution in [3.8, 4) is 0 Å². The molecule has 4 nitrogen and oxygen atoms in total. The molecule has 0 amide bonds. The second-order valence-electron chi connectivity index (χ2n) is 14.0. The van der Waals surface area contributed by atoms with E-state index in [0.29, 0.717) is 31.7 Å². The van der Waals surface area contributed by atoms with Crippen LogP contribution in [0.25, 0.3) is 0 Å². The number of benzene rings is 3. The summed E-state index contributed by atoms with van der Waals surface area (Å²) >= 11 is 0. The molecule has 2 aliphatic rings. The zero-order chi connectivity index (χ0) is 31.0. The molecule has 2 heterocycles. The number of hydrogen-bond acceptors (Lipinski definition) is 4. The second kappa shape index (κ2) is 14.7. The highest BCUT2D eigenvalue weighted by Crippen LogP contribution is 2.43. The van der Waals surface area contributed by atoms with Gasteiger partial charge in [-0.15, -0.1) is 0 Å². The van der Waals surface area contributed by atoms with Gasteiger partial charge in [-0.3, -0.25) is 0 Å².